The molecule has 3 aliphatic heterocycles. The highest BCUT2D eigenvalue weighted by Gasteiger charge is 2.62. The molecule has 3 atom stereocenters. The number of carbonyl (C=O) groups is 2. The van der Waals surface area contributed by atoms with Gasteiger partial charge in [0.25, 0.3) is 5.91 Å². The van der Waals surface area contributed by atoms with Gasteiger partial charge >= 0.3 is 0 Å². The lowest BCUT2D eigenvalue weighted by atomic mass is 9.90. The summed E-state index contributed by atoms with van der Waals surface area (Å²) in [6.45, 7) is 1.57. The Morgan fingerprint density at radius 2 is 1.46 bits per heavy atom. The number of hydrazine groups is 1. The molecule has 0 N–H and O–H groups in total. The number of imide groups is 1. The van der Waals surface area contributed by atoms with E-state index in [1.54, 1.807) is 24.3 Å². The summed E-state index contributed by atoms with van der Waals surface area (Å²) in [6, 6.07) is 14.7. The smallest absolute Gasteiger partial charge is 0.253 e. The van der Waals surface area contributed by atoms with E-state index in [0.717, 1.165) is 25.1 Å². The van der Waals surface area contributed by atoms with Crippen molar-refractivity contribution in [3.63, 3.8) is 0 Å². The van der Waals surface area contributed by atoms with Gasteiger partial charge in [-0.25, -0.2) is 19.3 Å². The fourth-order valence-corrected chi connectivity index (χ4v) is 4.60. The number of halogens is 1. The quantitative estimate of drug-likeness (QED) is 0.779. The maximum atomic E-state index is 13.4. The summed E-state index contributed by atoms with van der Waals surface area (Å²) in [5.41, 5.74) is 1.49. The predicted octanol–water partition coefficient (Wildman–Crippen LogP) is 2.36. The second-order valence-electron chi connectivity index (χ2n) is 6.99. The lowest BCUT2D eigenvalue weighted by Crippen LogP contribution is -2.44. The first kappa shape index (κ1) is 15.7. The van der Waals surface area contributed by atoms with Crippen LogP contribution in [0.25, 0.3) is 0 Å². The van der Waals surface area contributed by atoms with Crippen LogP contribution in [0.1, 0.15) is 18.0 Å². The number of hydrogen-bond acceptors (Lipinski definition) is 4. The van der Waals surface area contributed by atoms with Gasteiger partial charge in [0.2, 0.25) is 5.91 Å². The molecule has 26 heavy (non-hydrogen) atoms. The molecule has 0 aliphatic carbocycles. The molecule has 0 bridgehead atoms. The number of para-hydroxylation sites is 1. The third-order valence-electron chi connectivity index (χ3n) is 5.63. The summed E-state index contributed by atoms with van der Waals surface area (Å²) < 4.78 is 13.4. The van der Waals surface area contributed by atoms with E-state index in [-0.39, 0.29) is 23.7 Å². The van der Waals surface area contributed by atoms with Crippen molar-refractivity contribution in [2.24, 2.45) is 5.92 Å². The van der Waals surface area contributed by atoms with Crippen molar-refractivity contribution in [1.29, 1.82) is 0 Å². The number of anilines is 1. The molecule has 0 spiro atoms. The molecular formula is C20H18FN3O2. The van der Waals surface area contributed by atoms with E-state index in [9.17, 15) is 14.0 Å². The van der Waals surface area contributed by atoms with E-state index in [4.69, 9.17) is 0 Å². The summed E-state index contributed by atoms with van der Waals surface area (Å²) in [5, 5.41) is 4.17. The number of nitrogens with zero attached hydrogens (tertiary/aromatic N) is 3. The van der Waals surface area contributed by atoms with E-state index in [0.29, 0.717) is 5.69 Å². The number of hydrogen-bond donors (Lipinski definition) is 0. The summed E-state index contributed by atoms with van der Waals surface area (Å²) in [7, 11) is 0. The van der Waals surface area contributed by atoms with E-state index < -0.39 is 12.0 Å². The summed E-state index contributed by atoms with van der Waals surface area (Å²) in [6.07, 6.45) is 0.952. The van der Waals surface area contributed by atoms with Crippen molar-refractivity contribution in [3.05, 3.63) is 66.0 Å². The van der Waals surface area contributed by atoms with Crippen LogP contribution in [0.4, 0.5) is 10.1 Å². The maximum Gasteiger partial charge on any atom is 0.253 e. The van der Waals surface area contributed by atoms with Gasteiger partial charge in [-0.3, -0.25) is 9.59 Å². The van der Waals surface area contributed by atoms with Crippen molar-refractivity contribution >= 4 is 17.5 Å². The van der Waals surface area contributed by atoms with Gasteiger partial charge in [-0.05, 0) is 36.2 Å². The Labute approximate surface area is 150 Å². The summed E-state index contributed by atoms with van der Waals surface area (Å²) in [4.78, 5) is 27.7. The van der Waals surface area contributed by atoms with Crippen LogP contribution in [0.3, 0.4) is 0 Å². The molecule has 6 heteroatoms. The van der Waals surface area contributed by atoms with Crippen LogP contribution < -0.4 is 4.90 Å². The van der Waals surface area contributed by atoms with Crippen LogP contribution in [0.15, 0.2) is 54.6 Å². The van der Waals surface area contributed by atoms with Crippen molar-refractivity contribution in [1.82, 2.24) is 10.0 Å². The molecule has 3 heterocycles. The van der Waals surface area contributed by atoms with Crippen LogP contribution >= 0.6 is 0 Å². The largest absolute Gasteiger partial charge is 0.274 e. The maximum absolute atomic E-state index is 13.4. The molecule has 0 radical (unpaired) electrons. The number of fused-ring (bicyclic) bond motifs is 3. The molecule has 5 nitrogen and oxygen atoms in total. The van der Waals surface area contributed by atoms with E-state index in [1.807, 2.05) is 23.2 Å². The lowest BCUT2D eigenvalue weighted by molar-refractivity contribution is -0.126. The Hall–Kier alpha value is -2.57. The molecule has 132 valence electrons. The Kier molecular flexibility index (Phi) is 3.45. The van der Waals surface area contributed by atoms with E-state index in [2.05, 4.69) is 5.01 Å². The minimum Gasteiger partial charge on any atom is -0.274 e. The standard InChI is InChI=1S/C20H18FN3O2/c21-14-9-7-13(8-10-14)17-16-18(23-12-4-11-22(17)23)20(26)24(19(16)25)15-5-2-1-3-6-15/h1-3,5-10,16-18H,4,11-12H2/t16-,17-,18+/m0/s1. The van der Waals surface area contributed by atoms with Gasteiger partial charge in [-0.2, -0.15) is 0 Å². The minimum atomic E-state index is -0.472. The molecule has 0 saturated carbocycles. The molecule has 3 aliphatic rings. The van der Waals surface area contributed by atoms with E-state index >= 15 is 0 Å². The van der Waals surface area contributed by atoms with Crippen LogP contribution in [-0.2, 0) is 9.59 Å². The highest BCUT2D eigenvalue weighted by molar-refractivity contribution is 6.24. The van der Waals surface area contributed by atoms with Crippen molar-refractivity contribution < 1.29 is 14.0 Å². The van der Waals surface area contributed by atoms with Crippen molar-refractivity contribution in [3.8, 4) is 0 Å². The first-order chi connectivity index (χ1) is 12.7. The first-order valence-corrected chi connectivity index (χ1v) is 8.88. The third-order valence-corrected chi connectivity index (χ3v) is 5.63. The SMILES string of the molecule is O=C1[C@@H]2[C@H](C(=O)N1c1ccccc1)N1CCCN1[C@H]2c1ccc(F)cc1. The average molecular weight is 351 g/mol. The van der Waals surface area contributed by atoms with Crippen molar-refractivity contribution in [2.75, 3.05) is 18.0 Å². The zero-order valence-corrected chi connectivity index (χ0v) is 14.1. The van der Waals surface area contributed by atoms with Gasteiger partial charge in [0.1, 0.15) is 11.9 Å². The Morgan fingerprint density at radius 1 is 0.808 bits per heavy atom. The Morgan fingerprint density at radius 3 is 2.15 bits per heavy atom. The zero-order valence-electron chi connectivity index (χ0n) is 14.1. The van der Waals surface area contributed by atoms with Gasteiger partial charge in [0.15, 0.2) is 0 Å². The average Bonchev–Trinajstić information content (AvgIpc) is 3.29. The molecule has 3 saturated heterocycles. The van der Waals surface area contributed by atoms with Gasteiger partial charge in [0.05, 0.1) is 17.6 Å². The molecular weight excluding hydrogens is 333 g/mol. The fraction of sp³-hybridized carbons (Fsp3) is 0.300. The second-order valence-corrected chi connectivity index (χ2v) is 6.99. The highest BCUT2D eigenvalue weighted by Crippen LogP contribution is 2.48. The van der Waals surface area contributed by atoms with Crippen LogP contribution in [0, 0.1) is 11.7 Å². The fourth-order valence-electron chi connectivity index (χ4n) is 4.60. The second kappa shape index (κ2) is 5.72. The van der Waals surface area contributed by atoms with Gasteiger partial charge in [-0.15, -0.1) is 0 Å². The monoisotopic (exact) mass is 351 g/mol. The topological polar surface area (TPSA) is 43.9 Å². The summed E-state index contributed by atoms with van der Waals surface area (Å²) >= 11 is 0. The molecule has 3 fully saturated rings. The number of benzene rings is 2. The number of carbonyl (C=O) groups excluding carboxylic acids is 2. The molecule has 0 aromatic heterocycles. The van der Waals surface area contributed by atoms with Crippen LogP contribution in [0.5, 0.6) is 0 Å². The first-order valence-electron chi connectivity index (χ1n) is 8.88. The lowest BCUT2D eigenvalue weighted by Gasteiger charge is -2.29. The number of amides is 2. The third kappa shape index (κ3) is 2.09. The normalized spacial score (nSPS) is 28.7. The molecule has 5 rings (SSSR count). The molecule has 2 aromatic carbocycles. The molecule has 2 amide bonds. The zero-order chi connectivity index (χ0) is 17.8. The van der Waals surface area contributed by atoms with Gasteiger partial charge < -0.3 is 0 Å². The van der Waals surface area contributed by atoms with Crippen LogP contribution in [0.2, 0.25) is 0 Å². The number of rotatable bonds is 2. The summed E-state index contributed by atoms with van der Waals surface area (Å²) in [5.74, 6) is -1.10. The van der Waals surface area contributed by atoms with Gasteiger partial charge in [0, 0.05) is 13.1 Å². The Bertz CT molecular complexity index is 870. The molecule has 0 unspecified atom stereocenters. The predicted molar refractivity (Wildman–Crippen MR) is 93.4 cm³/mol. The molecule has 2 aromatic rings. The van der Waals surface area contributed by atoms with E-state index in [1.165, 1.54) is 17.0 Å². The Balaban J connectivity index is 1.59. The van der Waals surface area contributed by atoms with Crippen molar-refractivity contribution in [2.45, 2.75) is 18.5 Å². The minimum absolute atomic E-state index is 0.164. The highest BCUT2D eigenvalue weighted by atomic mass is 19.1. The van der Waals surface area contributed by atoms with Crippen LogP contribution in [-0.4, -0.2) is 41.0 Å². The van der Waals surface area contributed by atoms with Gasteiger partial charge in [-0.1, -0.05) is 30.3 Å².